The second-order valence-corrected chi connectivity index (χ2v) is 8.28. The minimum Gasteiger partial charge on any atom is -0.497 e. The van der Waals surface area contributed by atoms with Crippen LogP contribution in [0.25, 0.3) is 0 Å². The lowest BCUT2D eigenvalue weighted by Crippen LogP contribution is -2.45. The quantitative estimate of drug-likeness (QED) is 0.821. The number of carbonyl (C=O) groups is 1. The van der Waals surface area contributed by atoms with E-state index in [-0.39, 0.29) is 24.4 Å². The maximum absolute atomic E-state index is 12.6. The van der Waals surface area contributed by atoms with E-state index in [1.807, 2.05) is 13.0 Å². The van der Waals surface area contributed by atoms with Crippen molar-refractivity contribution in [3.05, 3.63) is 23.8 Å². The topological polar surface area (TPSA) is 84.9 Å². The largest absolute Gasteiger partial charge is 0.497 e. The Hall–Kier alpha value is -1.80. The van der Waals surface area contributed by atoms with Gasteiger partial charge in [0.15, 0.2) is 0 Å². The Morgan fingerprint density at radius 1 is 1.32 bits per heavy atom. The van der Waals surface area contributed by atoms with Crippen LogP contribution < -0.4 is 14.8 Å². The first-order valence-electron chi connectivity index (χ1n) is 8.23. The molecule has 140 valence electrons. The molecule has 0 spiro atoms. The summed E-state index contributed by atoms with van der Waals surface area (Å²) in [6.45, 7) is 2.57. The Morgan fingerprint density at radius 2 is 2.04 bits per heavy atom. The molecular formula is C17H26N2O5S. The first-order chi connectivity index (χ1) is 11.8. The number of benzene rings is 1. The molecule has 1 aliphatic rings. The van der Waals surface area contributed by atoms with Crippen molar-refractivity contribution >= 4 is 15.9 Å². The number of amides is 1. The summed E-state index contributed by atoms with van der Waals surface area (Å²) in [5.41, 5.74) is 0.811. The SMILES string of the molecule is COc1ccc(OC)c([C@H](C)NC(=O)[C@@H]2CCCN(S(C)(=O)=O)C2)c1. The molecule has 0 radical (unpaired) electrons. The molecule has 1 heterocycles. The normalized spacial score (nSPS) is 19.9. The lowest BCUT2D eigenvalue weighted by atomic mass is 9.97. The number of sulfonamides is 1. The van der Waals surface area contributed by atoms with Crippen LogP contribution in [0.2, 0.25) is 0 Å². The van der Waals surface area contributed by atoms with Crippen LogP contribution in [0, 0.1) is 5.92 Å². The van der Waals surface area contributed by atoms with Crippen LogP contribution in [-0.2, 0) is 14.8 Å². The molecule has 0 bridgehead atoms. The Kier molecular flexibility index (Phi) is 6.29. The van der Waals surface area contributed by atoms with Gasteiger partial charge in [-0.15, -0.1) is 0 Å². The van der Waals surface area contributed by atoms with Gasteiger partial charge in [0.2, 0.25) is 15.9 Å². The summed E-state index contributed by atoms with van der Waals surface area (Å²) in [5.74, 6) is 0.848. The molecule has 2 rings (SSSR count). The van der Waals surface area contributed by atoms with Gasteiger partial charge in [-0.2, -0.15) is 0 Å². The number of carbonyl (C=O) groups excluding carboxylic acids is 1. The number of methoxy groups -OCH3 is 2. The summed E-state index contributed by atoms with van der Waals surface area (Å²) < 4.78 is 35.4. The summed E-state index contributed by atoms with van der Waals surface area (Å²) in [4.78, 5) is 12.6. The maximum atomic E-state index is 12.6. The molecule has 1 N–H and O–H groups in total. The highest BCUT2D eigenvalue weighted by Crippen LogP contribution is 2.30. The fourth-order valence-electron chi connectivity index (χ4n) is 3.04. The fourth-order valence-corrected chi connectivity index (χ4v) is 3.96. The second kappa shape index (κ2) is 8.05. The Balaban J connectivity index is 2.09. The molecule has 0 unspecified atom stereocenters. The second-order valence-electron chi connectivity index (χ2n) is 6.30. The third kappa shape index (κ3) is 4.85. The van der Waals surface area contributed by atoms with Crippen LogP contribution in [0.15, 0.2) is 18.2 Å². The predicted molar refractivity (Wildman–Crippen MR) is 95.2 cm³/mol. The molecule has 0 aliphatic carbocycles. The van der Waals surface area contributed by atoms with E-state index in [0.717, 1.165) is 5.56 Å². The van der Waals surface area contributed by atoms with Gasteiger partial charge in [0, 0.05) is 18.7 Å². The summed E-state index contributed by atoms with van der Waals surface area (Å²) in [5, 5.41) is 2.97. The van der Waals surface area contributed by atoms with Gasteiger partial charge >= 0.3 is 0 Å². The number of ether oxygens (including phenoxy) is 2. The van der Waals surface area contributed by atoms with Crippen LogP contribution in [-0.4, -0.2) is 52.2 Å². The van der Waals surface area contributed by atoms with Gasteiger partial charge in [-0.3, -0.25) is 4.79 Å². The number of nitrogens with zero attached hydrogens (tertiary/aromatic N) is 1. The predicted octanol–water partition coefficient (Wildman–Crippen LogP) is 1.55. The maximum Gasteiger partial charge on any atom is 0.224 e. The highest BCUT2D eigenvalue weighted by atomic mass is 32.2. The van der Waals surface area contributed by atoms with E-state index >= 15 is 0 Å². The first kappa shape index (κ1) is 19.5. The standard InChI is InChI=1S/C17H26N2O5S/c1-12(15-10-14(23-2)7-8-16(15)24-3)18-17(20)13-6-5-9-19(11-13)25(4,21)22/h7-8,10,12-13H,5-6,9,11H2,1-4H3,(H,18,20)/t12-,13+/m0/s1. The van der Waals surface area contributed by atoms with Crippen molar-refractivity contribution < 1.29 is 22.7 Å². The Bertz CT molecular complexity index is 720. The van der Waals surface area contributed by atoms with E-state index < -0.39 is 10.0 Å². The highest BCUT2D eigenvalue weighted by molar-refractivity contribution is 7.88. The highest BCUT2D eigenvalue weighted by Gasteiger charge is 2.31. The summed E-state index contributed by atoms with van der Waals surface area (Å²) in [6.07, 6.45) is 2.54. The van der Waals surface area contributed by atoms with Crippen LogP contribution in [0.4, 0.5) is 0 Å². The monoisotopic (exact) mass is 370 g/mol. The van der Waals surface area contributed by atoms with Crippen molar-refractivity contribution in [1.82, 2.24) is 9.62 Å². The molecule has 1 aromatic carbocycles. The number of nitrogens with one attached hydrogen (secondary N) is 1. The molecule has 1 amide bonds. The molecule has 7 nitrogen and oxygen atoms in total. The van der Waals surface area contributed by atoms with E-state index in [1.165, 1.54) is 10.6 Å². The average molecular weight is 370 g/mol. The molecule has 1 aromatic rings. The van der Waals surface area contributed by atoms with Crippen LogP contribution in [0.3, 0.4) is 0 Å². The minimum absolute atomic E-state index is 0.147. The van der Waals surface area contributed by atoms with Gasteiger partial charge in [-0.1, -0.05) is 0 Å². The molecule has 1 fully saturated rings. The van der Waals surface area contributed by atoms with Crippen molar-refractivity contribution in [2.24, 2.45) is 5.92 Å². The smallest absolute Gasteiger partial charge is 0.224 e. The zero-order chi connectivity index (χ0) is 18.6. The van der Waals surface area contributed by atoms with Crippen LogP contribution >= 0.6 is 0 Å². The summed E-state index contributed by atoms with van der Waals surface area (Å²) in [7, 11) is -0.121. The molecule has 0 aromatic heterocycles. The molecule has 8 heteroatoms. The van der Waals surface area contributed by atoms with E-state index in [9.17, 15) is 13.2 Å². The van der Waals surface area contributed by atoms with Crippen molar-refractivity contribution in [3.8, 4) is 11.5 Å². The zero-order valence-electron chi connectivity index (χ0n) is 15.1. The van der Waals surface area contributed by atoms with Gasteiger partial charge in [-0.25, -0.2) is 12.7 Å². The van der Waals surface area contributed by atoms with E-state index in [1.54, 1.807) is 26.4 Å². The lowest BCUT2D eigenvalue weighted by Gasteiger charge is -2.31. The van der Waals surface area contributed by atoms with Crippen molar-refractivity contribution in [1.29, 1.82) is 0 Å². The number of rotatable bonds is 6. The molecule has 0 saturated carbocycles. The number of hydrogen-bond acceptors (Lipinski definition) is 5. The molecular weight excluding hydrogens is 344 g/mol. The van der Waals surface area contributed by atoms with Gasteiger partial charge in [0.05, 0.1) is 32.4 Å². The van der Waals surface area contributed by atoms with Crippen LogP contribution in [0.5, 0.6) is 11.5 Å². The third-order valence-electron chi connectivity index (χ3n) is 4.49. The van der Waals surface area contributed by atoms with Gasteiger partial charge in [0.1, 0.15) is 11.5 Å². The van der Waals surface area contributed by atoms with Gasteiger partial charge in [0.25, 0.3) is 0 Å². The van der Waals surface area contributed by atoms with Crippen LogP contribution in [0.1, 0.15) is 31.4 Å². The molecule has 2 atom stereocenters. The molecule has 25 heavy (non-hydrogen) atoms. The summed E-state index contributed by atoms with van der Waals surface area (Å²) in [6, 6.07) is 5.13. The van der Waals surface area contributed by atoms with Gasteiger partial charge in [-0.05, 0) is 38.0 Å². The average Bonchev–Trinajstić information content (AvgIpc) is 2.60. The van der Waals surface area contributed by atoms with Crippen molar-refractivity contribution in [2.45, 2.75) is 25.8 Å². The summed E-state index contributed by atoms with van der Waals surface area (Å²) >= 11 is 0. The lowest BCUT2D eigenvalue weighted by molar-refractivity contribution is -0.126. The number of piperidine rings is 1. The van der Waals surface area contributed by atoms with Crippen molar-refractivity contribution in [3.63, 3.8) is 0 Å². The third-order valence-corrected chi connectivity index (χ3v) is 5.76. The van der Waals surface area contributed by atoms with Crippen molar-refractivity contribution in [2.75, 3.05) is 33.6 Å². The fraction of sp³-hybridized carbons (Fsp3) is 0.588. The Labute approximate surface area is 149 Å². The van der Waals surface area contributed by atoms with E-state index in [4.69, 9.17) is 9.47 Å². The zero-order valence-corrected chi connectivity index (χ0v) is 15.9. The first-order valence-corrected chi connectivity index (χ1v) is 10.1. The number of hydrogen-bond donors (Lipinski definition) is 1. The minimum atomic E-state index is -3.28. The Morgan fingerprint density at radius 3 is 2.64 bits per heavy atom. The van der Waals surface area contributed by atoms with E-state index in [2.05, 4.69) is 5.32 Å². The van der Waals surface area contributed by atoms with E-state index in [0.29, 0.717) is 30.9 Å². The molecule has 1 aliphatic heterocycles. The molecule has 1 saturated heterocycles. The van der Waals surface area contributed by atoms with Gasteiger partial charge < -0.3 is 14.8 Å².